The van der Waals surface area contributed by atoms with Crippen LogP contribution in [0.3, 0.4) is 0 Å². The van der Waals surface area contributed by atoms with Crippen LogP contribution in [0.4, 0.5) is 9.80 Å². The van der Waals surface area contributed by atoms with Crippen molar-refractivity contribution in [3.63, 3.8) is 0 Å². The highest BCUT2D eigenvalue weighted by atomic mass is 35.5. The van der Waals surface area contributed by atoms with Crippen molar-refractivity contribution in [3.8, 4) is 0 Å². The Morgan fingerprint density at radius 3 is 2.33 bits per heavy atom. The lowest BCUT2D eigenvalue weighted by Crippen LogP contribution is -2.15. The Balaban J connectivity index is 2.79. The normalized spacial score (nSPS) is 10.9. The predicted octanol–water partition coefficient (Wildman–Crippen LogP) is 6.43. The minimum atomic E-state index is -0.582. The molecule has 118 valence electrons. The minimum Gasteiger partial charge on any atom is -0.443 e. The van der Waals surface area contributed by atoms with Gasteiger partial charge in [-0.3, -0.25) is 5.32 Å². The monoisotopic (exact) mass is 369 g/mol. The molecule has 1 heterocycles. The summed E-state index contributed by atoms with van der Waals surface area (Å²) in [5.41, 5.74) is 2.39. The molecule has 1 aromatic rings. The first kappa shape index (κ1) is 18.6. The molecule has 7 heteroatoms. The third-order valence-corrected chi connectivity index (χ3v) is 4.69. The van der Waals surface area contributed by atoms with E-state index in [9.17, 15) is 4.79 Å². The summed E-state index contributed by atoms with van der Waals surface area (Å²) in [6, 6.07) is 0. The van der Waals surface area contributed by atoms with Gasteiger partial charge < -0.3 is 4.74 Å². The van der Waals surface area contributed by atoms with Gasteiger partial charge in [-0.25, -0.2) is 4.79 Å². The van der Waals surface area contributed by atoms with E-state index in [0.717, 1.165) is 10.6 Å². The summed E-state index contributed by atoms with van der Waals surface area (Å²) in [5.74, 6) is 0.711. The van der Waals surface area contributed by atoms with Crippen molar-refractivity contribution in [2.24, 2.45) is 0 Å². The fourth-order valence-electron chi connectivity index (χ4n) is 1.83. The molecule has 21 heavy (non-hydrogen) atoms. The van der Waals surface area contributed by atoms with Gasteiger partial charge in [-0.05, 0) is 28.3 Å². The molecule has 0 bridgehead atoms. The number of hydrogen-bond donors (Lipinski definition) is 1. The molecule has 1 aromatic heterocycles. The third kappa shape index (κ3) is 5.37. The molecule has 0 saturated carbocycles. The maximum Gasteiger partial charge on any atom is 0.412 e. The molecule has 0 saturated heterocycles. The summed E-state index contributed by atoms with van der Waals surface area (Å²) in [6.45, 7) is 8.29. The summed E-state index contributed by atoms with van der Waals surface area (Å²) in [7, 11) is 0. The van der Waals surface area contributed by atoms with Crippen molar-refractivity contribution in [2.75, 3.05) is 11.9 Å². The van der Waals surface area contributed by atoms with E-state index < -0.39 is 6.09 Å². The van der Waals surface area contributed by atoms with Crippen molar-refractivity contribution in [3.05, 3.63) is 26.0 Å². The number of hydrogen-bond acceptors (Lipinski definition) is 3. The zero-order valence-corrected chi connectivity index (χ0v) is 15.4. The van der Waals surface area contributed by atoms with Gasteiger partial charge in [0, 0.05) is 0 Å². The van der Waals surface area contributed by atoms with E-state index in [4.69, 9.17) is 39.5 Å². The molecule has 0 aliphatic heterocycles. The maximum absolute atomic E-state index is 11.8. The van der Waals surface area contributed by atoms with E-state index in [1.54, 1.807) is 0 Å². The standard InChI is InChI=1S/C14H18Cl3NO2S/c1-7(2)9-6-21-13(11(9)8(3)4)18-14(19)20-5-10(15)12(16)17/h6-8H,5H2,1-4H3,(H,18,19). The Kier molecular flexibility index (Phi) is 7.34. The molecule has 1 rings (SSSR count). The molecule has 0 unspecified atom stereocenters. The average Bonchev–Trinajstić information content (AvgIpc) is 2.79. The van der Waals surface area contributed by atoms with Gasteiger partial charge in [-0.2, -0.15) is 0 Å². The van der Waals surface area contributed by atoms with Gasteiger partial charge in [0.05, 0.1) is 5.03 Å². The highest BCUT2D eigenvalue weighted by Crippen LogP contribution is 2.38. The molecule has 1 amide bonds. The van der Waals surface area contributed by atoms with E-state index in [2.05, 4.69) is 38.4 Å². The number of halogens is 3. The number of nitrogens with one attached hydrogen (secondary N) is 1. The van der Waals surface area contributed by atoms with E-state index in [0.29, 0.717) is 11.8 Å². The Bertz CT molecular complexity index is 534. The number of anilines is 1. The Labute approximate surface area is 144 Å². The molecular formula is C14H18Cl3NO2S. The Morgan fingerprint density at radius 2 is 1.86 bits per heavy atom. The van der Waals surface area contributed by atoms with Gasteiger partial charge in [-0.1, -0.05) is 62.5 Å². The average molecular weight is 371 g/mol. The van der Waals surface area contributed by atoms with Crippen LogP contribution in [0.25, 0.3) is 0 Å². The highest BCUT2D eigenvalue weighted by Gasteiger charge is 2.19. The Morgan fingerprint density at radius 1 is 1.24 bits per heavy atom. The molecule has 0 fully saturated rings. The first-order valence-corrected chi connectivity index (χ1v) is 8.50. The quantitative estimate of drug-likeness (QED) is 0.648. The van der Waals surface area contributed by atoms with E-state index in [1.165, 1.54) is 16.9 Å². The van der Waals surface area contributed by atoms with Crippen LogP contribution in [0, 0.1) is 0 Å². The van der Waals surface area contributed by atoms with Crippen molar-refractivity contribution in [1.82, 2.24) is 0 Å². The lowest BCUT2D eigenvalue weighted by molar-refractivity contribution is 0.173. The molecule has 0 spiro atoms. The second kappa shape index (κ2) is 8.28. The minimum absolute atomic E-state index is 0.0895. The van der Waals surface area contributed by atoms with Crippen LogP contribution in [0.5, 0.6) is 0 Å². The second-order valence-corrected chi connectivity index (χ2v) is 7.39. The van der Waals surface area contributed by atoms with E-state index in [-0.39, 0.29) is 16.1 Å². The number of carbonyl (C=O) groups is 1. The summed E-state index contributed by atoms with van der Waals surface area (Å²) < 4.78 is 4.87. The molecular weight excluding hydrogens is 353 g/mol. The molecule has 3 nitrogen and oxygen atoms in total. The SMILES string of the molecule is CC(C)c1csc(NC(=O)OCC(Cl)=C(Cl)Cl)c1C(C)C. The lowest BCUT2D eigenvalue weighted by atomic mass is 9.94. The lowest BCUT2D eigenvalue weighted by Gasteiger charge is -2.14. The van der Waals surface area contributed by atoms with Crippen molar-refractivity contribution in [1.29, 1.82) is 0 Å². The first-order valence-electron chi connectivity index (χ1n) is 6.48. The fourth-order valence-corrected chi connectivity index (χ4v) is 3.26. The number of amides is 1. The van der Waals surface area contributed by atoms with Gasteiger partial charge >= 0.3 is 6.09 Å². The molecule has 0 aromatic carbocycles. The fraction of sp³-hybridized carbons (Fsp3) is 0.500. The van der Waals surface area contributed by atoms with Crippen molar-refractivity contribution in [2.45, 2.75) is 39.5 Å². The van der Waals surface area contributed by atoms with Crippen molar-refractivity contribution >= 4 is 57.2 Å². The molecule has 0 radical (unpaired) electrons. The largest absolute Gasteiger partial charge is 0.443 e. The van der Waals surface area contributed by atoms with Gasteiger partial charge in [-0.15, -0.1) is 11.3 Å². The summed E-state index contributed by atoms with van der Waals surface area (Å²) in [5, 5.41) is 5.71. The Hall–Kier alpha value is -0.420. The number of ether oxygens (including phenoxy) is 1. The van der Waals surface area contributed by atoms with E-state index >= 15 is 0 Å². The van der Waals surface area contributed by atoms with Crippen LogP contribution >= 0.6 is 46.1 Å². The van der Waals surface area contributed by atoms with Gasteiger partial charge in [0.2, 0.25) is 0 Å². The summed E-state index contributed by atoms with van der Waals surface area (Å²) in [4.78, 5) is 11.8. The zero-order chi connectivity index (χ0) is 16.2. The molecule has 0 atom stereocenters. The third-order valence-electron chi connectivity index (χ3n) is 2.81. The van der Waals surface area contributed by atoms with Crippen molar-refractivity contribution < 1.29 is 9.53 Å². The van der Waals surface area contributed by atoms with Crippen LogP contribution in [0.15, 0.2) is 14.9 Å². The predicted molar refractivity (Wildman–Crippen MR) is 92.1 cm³/mol. The molecule has 1 N–H and O–H groups in total. The van der Waals surface area contributed by atoms with Gasteiger partial charge in [0.15, 0.2) is 0 Å². The maximum atomic E-state index is 11.8. The molecule has 0 aliphatic rings. The topological polar surface area (TPSA) is 38.3 Å². The highest BCUT2D eigenvalue weighted by molar-refractivity contribution is 7.14. The number of rotatable bonds is 5. The van der Waals surface area contributed by atoms with Crippen LogP contribution in [0.2, 0.25) is 0 Å². The summed E-state index contributed by atoms with van der Waals surface area (Å²) in [6.07, 6.45) is -0.582. The molecule has 0 aliphatic carbocycles. The van der Waals surface area contributed by atoms with Crippen LogP contribution < -0.4 is 5.32 Å². The van der Waals surface area contributed by atoms with Gasteiger partial charge in [0.25, 0.3) is 0 Å². The number of carbonyl (C=O) groups excluding carboxylic acids is 1. The first-order chi connectivity index (χ1) is 9.73. The second-order valence-electron chi connectivity index (χ2n) is 5.11. The summed E-state index contributed by atoms with van der Waals surface area (Å²) >= 11 is 18.2. The van der Waals surface area contributed by atoms with E-state index in [1.807, 2.05) is 0 Å². The van der Waals surface area contributed by atoms with Gasteiger partial charge in [0.1, 0.15) is 16.1 Å². The smallest absolute Gasteiger partial charge is 0.412 e. The zero-order valence-electron chi connectivity index (χ0n) is 12.3. The van der Waals surface area contributed by atoms with Crippen LogP contribution in [-0.2, 0) is 4.74 Å². The van der Waals surface area contributed by atoms with Crippen LogP contribution in [0.1, 0.15) is 50.7 Å². The number of thiophene rings is 1. The van der Waals surface area contributed by atoms with Crippen LogP contribution in [-0.4, -0.2) is 12.7 Å².